The Balaban J connectivity index is 1.57. The molecule has 1 heterocycles. The first-order valence-electron chi connectivity index (χ1n) is 8.88. The van der Waals surface area contributed by atoms with E-state index in [2.05, 4.69) is 20.8 Å². The zero-order chi connectivity index (χ0) is 20.9. The molecule has 0 spiro atoms. The number of ether oxygens (including phenoxy) is 2. The predicted octanol–water partition coefficient (Wildman–Crippen LogP) is 4.37. The number of hydrogen-bond acceptors (Lipinski definition) is 6. The van der Waals surface area contributed by atoms with E-state index in [-0.39, 0.29) is 5.91 Å². The van der Waals surface area contributed by atoms with Gasteiger partial charge in [-0.05, 0) is 71.1 Å². The molecule has 4 rings (SSSR count). The van der Waals surface area contributed by atoms with Crippen molar-refractivity contribution in [3.63, 3.8) is 0 Å². The number of nitrogens with zero attached hydrogens (tertiary/aromatic N) is 4. The first-order chi connectivity index (χ1) is 14.6. The summed E-state index contributed by atoms with van der Waals surface area (Å²) < 4.78 is 12.5. The number of nitrogens with one attached hydrogen (secondary N) is 1. The lowest BCUT2D eigenvalue weighted by Crippen LogP contribution is -2.13. The van der Waals surface area contributed by atoms with Crippen LogP contribution in [0.4, 0.5) is 5.69 Å². The lowest BCUT2D eigenvalue weighted by molar-refractivity contribution is 0.102. The van der Waals surface area contributed by atoms with Crippen LogP contribution in [0.5, 0.6) is 17.2 Å². The second-order valence-corrected chi connectivity index (χ2v) is 6.61. The Morgan fingerprint density at radius 3 is 2.57 bits per heavy atom. The van der Waals surface area contributed by atoms with E-state index in [9.17, 15) is 4.79 Å². The van der Waals surface area contributed by atoms with Crippen LogP contribution < -0.4 is 14.8 Å². The number of hydrogen-bond donors (Lipinski definition) is 1. The molecule has 150 valence electrons. The molecule has 1 aromatic heterocycles. The van der Waals surface area contributed by atoms with Crippen molar-refractivity contribution in [1.29, 1.82) is 0 Å². The van der Waals surface area contributed by atoms with Gasteiger partial charge >= 0.3 is 0 Å². The smallest absolute Gasteiger partial charge is 0.255 e. The molecule has 0 aliphatic carbocycles. The van der Waals surface area contributed by atoms with Crippen molar-refractivity contribution in [2.45, 2.75) is 0 Å². The Morgan fingerprint density at radius 1 is 1.03 bits per heavy atom. The van der Waals surface area contributed by atoms with Gasteiger partial charge in [0.1, 0.15) is 17.8 Å². The maximum absolute atomic E-state index is 12.8. The third kappa shape index (κ3) is 4.39. The standard InChI is InChI=1S/C21H16ClN5O3/c1-29-17-6-8-18(9-7-17)30-20-10-5-15(22)12-19(20)24-21(28)14-3-2-4-16(11-14)27-13-23-25-26-27/h2-13H,1H3,(H,24,28). The maximum Gasteiger partial charge on any atom is 0.255 e. The van der Waals surface area contributed by atoms with E-state index < -0.39 is 0 Å². The molecular weight excluding hydrogens is 406 g/mol. The molecule has 0 saturated carbocycles. The van der Waals surface area contributed by atoms with E-state index >= 15 is 0 Å². The first-order valence-corrected chi connectivity index (χ1v) is 9.26. The fourth-order valence-corrected chi connectivity index (χ4v) is 2.90. The van der Waals surface area contributed by atoms with Gasteiger partial charge in [-0.1, -0.05) is 17.7 Å². The number of aromatic nitrogens is 4. The molecule has 9 heteroatoms. The molecule has 0 atom stereocenters. The minimum atomic E-state index is -0.327. The van der Waals surface area contributed by atoms with E-state index in [1.807, 2.05) is 0 Å². The van der Waals surface area contributed by atoms with E-state index in [0.29, 0.717) is 33.5 Å². The Kier molecular flexibility index (Phi) is 5.58. The van der Waals surface area contributed by atoms with E-state index in [1.165, 1.54) is 11.0 Å². The predicted molar refractivity (Wildman–Crippen MR) is 112 cm³/mol. The minimum absolute atomic E-state index is 0.327. The second kappa shape index (κ2) is 8.62. The first kappa shape index (κ1) is 19.4. The van der Waals surface area contributed by atoms with Crippen molar-refractivity contribution in [3.05, 3.63) is 83.6 Å². The molecule has 0 fully saturated rings. The van der Waals surface area contributed by atoms with Crippen LogP contribution in [0.25, 0.3) is 5.69 Å². The highest BCUT2D eigenvalue weighted by Gasteiger charge is 2.13. The van der Waals surface area contributed by atoms with Crippen molar-refractivity contribution in [2.75, 3.05) is 12.4 Å². The van der Waals surface area contributed by atoms with Crippen LogP contribution in [-0.2, 0) is 0 Å². The molecule has 0 radical (unpaired) electrons. The van der Waals surface area contributed by atoms with Gasteiger partial charge in [0.05, 0.1) is 18.5 Å². The van der Waals surface area contributed by atoms with Gasteiger partial charge in [0.2, 0.25) is 0 Å². The fourth-order valence-electron chi connectivity index (χ4n) is 2.72. The minimum Gasteiger partial charge on any atom is -0.497 e. The zero-order valence-electron chi connectivity index (χ0n) is 15.8. The van der Waals surface area contributed by atoms with Crippen molar-refractivity contribution in [1.82, 2.24) is 20.2 Å². The van der Waals surface area contributed by atoms with Crippen molar-refractivity contribution in [3.8, 4) is 22.9 Å². The van der Waals surface area contributed by atoms with Crippen molar-refractivity contribution in [2.24, 2.45) is 0 Å². The molecule has 4 aromatic rings. The number of carbonyl (C=O) groups excluding carboxylic acids is 1. The van der Waals surface area contributed by atoms with Crippen LogP contribution in [0.1, 0.15) is 10.4 Å². The Labute approximate surface area is 177 Å². The molecule has 0 aliphatic rings. The number of halogens is 1. The Hall–Kier alpha value is -3.91. The summed E-state index contributed by atoms with van der Waals surface area (Å²) in [5.74, 6) is 1.44. The number of carbonyl (C=O) groups is 1. The van der Waals surface area contributed by atoms with Gasteiger partial charge in [-0.15, -0.1) is 5.10 Å². The highest BCUT2D eigenvalue weighted by molar-refractivity contribution is 6.31. The summed E-state index contributed by atoms with van der Waals surface area (Å²) in [6.45, 7) is 0. The van der Waals surface area contributed by atoms with E-state index in [4.69, 9.17) is 21.1 Å². The topological polar surface area (TPSA) is 91.2 Å². The molecule has 30 heavy (non-hydrogen) atoms. The summed E-state index contributed by atoms with van der Waals surface area (Å²) >= 11 is 6.13. The van der Waals surface area contributed by atoms with Gasteiger partial charge in [0.25, 0.3) is 5.91 Å². The summed E-state index contributed by atoms with van der Waals surface area (Å²) in [5.41, 5.74) is 1.53. The highest BCUT2D eigenvalue weighted by atomic mass is 35.5. The Bertz CT molecular complexity index is 1160. The molecule has 8 nitrogen and oxygen atoms in total. The molecule has 0 saturated heterocycles. The number of benzene rings is 3. The van der Waals surface area contributed by atoms with Gasteiger partial charge in [-0.2, -0.15) is 0 Å². The lowest BCUT2D eigenvalue weighted by Gasteiger charge is -2.13. The number of methoxy groups -OCH3 is 1. The van der Waals surface area contributed by atoms with Gasteiger partial charge in [-0.25, -0.2) is 4.68 Å². The number of amides is 1. The van der Waals surface area contributed by atoms with Crippen LogP contribution in [-0.4, -0.2) is 33.2 Å². The van der Waals surface area contributed by atoms with E-state index in [0.717, 1.165) is 5.75 Å². The van der Waals surface area contributed by atoms with Crippen LogP contribution in [0.2, 0.25) is 5.02 Å². The second-order valence-electron chi connectivity index (χ2n) is 6.18. The molecule has 0 bridgehead atoms. The molecule has 3 aromatic carbocycles. The van der Waals surface area contributed by atoms with Crippen molar-refractivity contribution >= 4 is 23.2 Å². The summed E-state index contributed by atoms with van der Waals surface area (Å²) in [4.78, 5) is 12.8. The lowest BCUT2D eigenvalue weighted by atomic mass is 10.2. The van der Waals surface area contributed by atoms with Crippen molar-refractivity contribution < 1.29 is 14.3 Å². The third-order valence-corrected chi connectivity index (χ3v) is 4.43. The Morgan fingerprint density at radius 2 is 1.83 bits per heavy atom. The SMILES string of the molecule is COc1ccc(Oc2ccc(Cl)cc2NC(=O)c2cccc(-n3cnnn3)c2)cc1. The quantitative estimate of drug-likeness (QED) is 0.497. The summed E-state index contributed by atoms with van der Waals surface area (Å²) in [6, 6.07) is 19.0. The monoisotopic (exact) mass is 421 g/mol. The van der Waals surface area contributed by atoms with Gasteiger partial charge in [-0.3, -0.25) is 4.79 Å². The van der Waals surface area contributed by atoms with Crippen LogP contribution in [0.15, 0.2) is 73.1 Å². The number of rotatable bonds is 6. The summed E-state index contributed by atoms with van der Waals surface area (Å²) in [6.07, 6.45) is 1.45. The van der Waals surface area contributed by atoms with Crippen LogP contribution in [0, 0.1) is 0 Å². The third-order valence-electron chi connectivity index (χ3n) is 4.20. The average molecular weight is 422 g/mol. The number of tetrazole rings is 1. The molecule has 1 N–H and O–H groups in total. The molecular formula is C21H16ClN5O3. The fraction of sp³-hybridized carbons (Fsp3) is 0.0476. The summed E-state index contributed by atoms with van der Waals surface area (Å²) in [5, 5.41) is 14.4. The van der Waals surface area contributed by atoms with Gasteiger partial charge in [0, 0.05) is 10.6 Å². The molecule has 0 unspecified atom stereocenters. The van der Waals surface area contributed by atoms with Gasteiger partial charge < -0.3 is 14.8 Å². The highest BCUT2D eigenvalue weighted by Crippen LogP contribution is 2.33. The normalized spacial score (nSPS) is 10.5. The summed E-state index contributed by atoms with van der Waals surface area (Å²) in [7, 11) is 1.59. The average Bonchev–Trinajstić information content (AvgIpc) is 3.31. The zero-order valence-corrected chi connectivity index (χ0v) is 16.6. The van der Waals surface area contributed by atoms with Gasteiger partial charge in [0.15, 0.2) is 5.75 Å². The largest absolute Gasteiger partial charge is 0.497 e. The molecule has 0 aliphatic heterocycles. The maximum atomic E-state index is 12.8. The van der Waals surface area contributed by atoms with E-state index in [1.54, 1.807) is 73.8 Å². The van der Waals surface area contributed by atoms with Crippen LogP contribution in [0.3, 0.4) is 0 Å². The number of anilines is 1. The van der Waals surface area contributed by atoms with Crippen LogP contribution >= 0.6 is 11.6 Å². The molecule has 1 amide bonds.